The highest BCUT2D eigenvalue weighted by atomic mass is 16.2. The summed E-state index contributed by atoms with van der Waals surface area (Å²) < 4.78 is 3.04. The number of hydrogen-bond donors (Lipinski definition) is 1. The average Bonchev–Trinajstić information content (AvgIpc) is 2.97. The Hall–Kier alpha value is -2.96. The van der Waals surface area contributed by atoms with Crippen molar-refractivity contribution in [3.63, 3.8) is 0 Å². The van der Waals surface area contributed by atoms with Crippen molar-refractivity contribution in [2.45, 2.75) is 19.9 Å². The number of aromatic nitrogens is 5. The largest absolute Gasteiger partial charge is 0.328 e. The fourth-order valence-corrected chi connectivity index (χ4v) is 2.15. The Kier molecular flexibility index (Phi) is 3.46. The molecule has 0 aliphatic rings. The summed E-state index contributed by atoms with van der Waals surface area (Å²) in [5, 5.41) is 8.06. The van der Waals surface area contributed by atoms with Crippen LogP contribution in [-0.2, 0) is 0 Å². The topological polar surface area (TPSA) is 85.6 Å². The van der Waals surface area contributed by atoms with Gasteiger partial charge in [0.25, 0.3) is 5.56 Å². The van der Waals surface area contributed by atoms with Crippen LogP contribution in [-0.4, -0.2) is 24.5 Å². The number of rotatable bonds is 3. The molecule has 0 amide bonds. The van der Waals surface area contributed by atoms with Gasteiger partial charge in [-0.05, 0) is 26.0 Å². The fraction of sp³-hybridized carbons (Fsp3) is 0.200. The third kappa shape index (κ3) is 2.48. The zero-order valence-electron chi connectivity index (χ0n) is 12.2. The summed E-state index contributed by atoms with van der Waals surface area (Å²) in [6, 6.07) is 9.40. The molecule has 0 aliphatic heterocycles. The molecule has 112 valence electrons. The van der Waals surface area contributed by atoms with Gasteiger partial charge in [-0.2, -0.15) is 0 Å². The van der Waals surface area contributed by atoms with Gasteiger partial charge in [0.05, 0.1) is 17.4 Å². The van der Waals surface area contributed by atoms with Gasteiger partial charge < -0.3 is 0 Å². The molecule has 0 saturated heterocycles. The lowest BCUT2D eigenvalue weighted by molar-refractivity contribution is 0.562. The van der Waals surface area contributed by atoms with Crippen molar-refractivity contribution in [1.29, 1.82) is 0 Å². The molecule has 3 rings (SSSR count). The number of benzene rings is 1. The van der Waals surface area contributed by atoms with Crippen LogP contribution >= 0.6 is 0 Å². The molecule has 0 aliphatic carbocycles. The first kappa shape index (κ1) is 14.0. The quantitative estimate of drug-likeness (QED) is 0.791. The summed E-state index contributed by atoms with van der Waals surface area (Å²) in [6.45, 7) is 3.73. The Morgan fingerprint density at radius 2 is 1.82 bits per heavy atom. The lowest BCUT2D eigenvalue weighted by atomic mass is 10.2. The second-order valence-corrected chi connectivity index (χ2v) is 5.19. The summed E-state index contributed by atoms with van der Waals surface area (Å²) in [5.74, 6) is 0. The number of nitrogens with one attached hydrogen (secondary N) is 1. The van der Waals surface area contributed by atoms with Gasteiger partial charge in [0.15, 0.2) is 0 Å². The van der Waals surface area contributed by atoms with Crippen LogP contribution in [0.1, 0.15) is 19.9 Å². The van der Waals surface area contributed by atoms with Crippen molar-refractivity contribution in [3.05, 3.63) is 63.6 Å². The number of nitrogens with zero attached hydrogens (tertiary/aromatic N) is 4. The van der Waals surface area contributed by atoms with Crippen LogP contribution in [0.3, 0.4) is 0 Å². The highest BCUT2D eigenvalue weighted by Crippen LogP contribution is 2.14. The molecule has 0 radical (unpaired) electrons. The number of aromatic amines is 1. The maximum absolute atomic E-state index is 12.0. The van der Waals surface area contributed by atoms with E-state index in [9.17, 15) is 9.59 Å². The van der Waals surface area contributed by atoms with Crippen LogP contribution in [0.5, 0.6) is 0 Å². The van der Waals surface area contributed by atoms with Crippen molar-refractivity contribution < 1.29 is 0 Å². The molecule has 2 heterocycles. The molecule has 1 aromatic carbocycles. The summed E-state index contributed by atoms with van der Waals surface area (Å²) in [7, 11) is 0. The highest BCUT2D eigenvalue weighted by Gasteiger charge is 2.12. The number of H-pyrrole nitrogens is 1. The van der Waals surface area contributed by atoms with Crippen LogP contribution in [0, 0.1) is 0 Å². The van der Waals surface area contributed by atoms with Gasteiger partial charge in [-0.1, -0.05) is 23.4 Å². The zero-order valence-corrected chi connectivity index (χ0v) is 12.2. The second kappa shape index (κ2) is 5.44. The van der Waals surface area contributed by atoms with Gasteiger partial charge >= 0.3 is 5.69 Å². The Labute approximate surface area is 125 Å². The van der Waals surface area contributed by atoms with Crippen LogP contribution in [0.2, 0.25) is 0 Å². The van der Waals surface area contributed by atoms with Crippen molar-refractivity contribution in [1.82, 2.24) is 24.5 Å². The number of para-hydroxylation sites is 1. The normalized spacial score (nSPS) is 11.0. The molecule has 1 N–H and O–H groups in total. The summed E-state index contributed by atoms with van der Waals surface area (Å²) >= 11 is 0. The molecule has 0 atom stereocenters. The highest BCUT2D eigenvalue weighted by molar-refractivity contribution is 5.55. The van der Waals surface area contributed by atoms with Crippen LogP contribution in [0.4, 0.5) is 0 Å². The van der Waals surface area contributed by atoms with Gasteiger partial charge in [0.1, 0.15) is 5.69 Å². The molecule has 7 nitrogen and oxygen atoms in total. The molecule has 7 heteroatoms. The smallest absolute Gasteiger partial charge is 0.297 e. The first-order valence-electron chi connectivity index (χ1n) is 6.90. The van der Waals surface area contributed by atoms with E-state index in [1.54, 1.807) is 10.9 Å². The van der Waals surface area contributed by atoms with E-state index in [1.165, 1.54) is 10.8 Å². The van der Waals surface area contributed by atoms with Crippen molar-refractivity contribution in [2.75, 3.05) is 0 Å². The van der Waals surface area contributed by atoms with Gasteiger partial charge in [0.2, 0.25) is 0 Å². The predicted octanol–water partition coefficient (Wildman–Crippen LogP) is 1.37. The first-order valence-corrected chi connectivity index (χ1v) is 6.90. The van der Waals surface area contributed by atoms with E-state index in [0.29, 0.717) is 11.3 Å². The minimum absolute atomic E-state index is 0.0627. The first-order chi connectivity index (χ1) is 10.6. The molecule has 2 aromatic heterocycles. The van der Waals surface area contributed by atoms with Gasteiger partial charge in [-0.3, -0.25) is 14.3 Å². The van der Waals surface area contributed by atoms with E-state index < -0.39 is 11.2 Å². The molecule has 22 heavy (non-hydrogen) atoms. The zero-order chi connectivity index (χ0) is 15.7. The molecule has 0 spiro atoms. The standard InChI is InChI=1S/C15H15N5O2/c1-10(2)19-8-12(14(21)16-15(19)22)13-9-20(18-17-13)11-6-4-3-5-7-11/h3-10H,1-2H3,(H,16,21,22). The average molecular weight is 297 g/mol. The molecule has 0 saturated carbocycles. The summed E-state index contributed by atoms with van der Waals surface area (Å²) in [5.41, 5.74) is 0.672. The van der Waals surface area contributed by atoms with Crippen LogP contribution < -0.4 is 11.2 Å². The Morgan fingerprint density at radius 1 is 1.09 bits per heavy atom. The molecule has 3 aromatic rings. The van der Waals surface area contributed by atoms with Crippen molar-refractivity contribution >= 4 is 0 Å². The predicted molar refractivity (Wildman–Crippen MR) is 82.1 cm³/mol. The Morgan fingerprint density at radius 3 is 2.50 bits per heavy atom. The van der Waals surface area contributed by atoms with E-state index in [0.717, 1.165) is 5.69 Å². The third-order valence-corrected chi connectivity index (χ3v) is 3.31. The Bertz CT molecular complexity index is 905. The summed E-state index contributed by atoms with van der Waals surface area (Å²) in [4.78, 5) is 26.1. The van der Waals surface area contributed by atoms with Gasteiger partial charge in [-0.25, -0.2) is 9.48 Å². The third-order valence-electron chi connectivity index (χ3n) is 3.31. The molecular weight excluding hydrogens is 282 g/mol. The van der Waals surface area contributed by atoms with E-state index in [4.69, 9.17) is 0 Å². The number of hydrogen-bond acceptors (Lipinski definition) is 4. The fourth-order valence-electron chi connectivity index (χ4n) is 2.15. The van der Waals surface area contributed by atoms with E-state index >= 15 is 0 Å². The lowest BCUT2D eigenvalue weighted by Gasteiger charge is -2.09. The lowest BCUT2D eigenvalue weighted by Crippen LogP contribution is -2.31. The van der Waals surface area contributed by atoms with E-state index in [-0.39, 0.29) is 6.04 Å². The monoisotopic (exact) mass is 297 g/mol. The molecular formula is C15H15N5O2. The second-order valence-electron chi connectivity index (χ2n) is 5.19. The summed E-state index contributed by atoms with van der Waals surface area (Å²) in [6.07, 6.45) is 3.18. The SMILES string of the molecule is CC(C)n1cc(-c2cn(-c3ccccc3)nn2)c(=O)[nH]c1=O. The van der Waals surface area contributed by atoms with E-state index in [2.05, 4.69) is 15.3 Å². The molecule has 0 unspecified atom stereocenters. The minimum atomic E-state index is -0.470. The van der Waals surface area contributed by atoms with Gasteiger partial charge in [-0.15, -0.1) is 5.10 Å². The minimum Gasteiger partial charge on any atom is -0.297 e. The van der Waals surface area contributed by atoms with Crippen LogP contribution in [0.25, 0.3) is 16.9 Å². The maximum atomic E-state index is 12.0. The Balaban J connectivity index is 2.09. The van der Waals surface area contributed by atoms with Crippen LogP contribution in [0.15, 0.2) is 52.3 Å². The molecule has 0 fully saturated rings. The van der Waals surface area contributed by atoms with Gasteiger partial charge in [0, 0.05) is 12.2 Å². The van der Waals surface area contributed by atoms with Crippen molar-refractivity contribution in [2.24, 2.45) is 0 Å². The molecule has 0 bridgehead atoms. The maximum Gasteiger partial charge on any atom is 0.328 e. The van der Waals surface area contributed by atoms with Crippen molar-refractivity contribution in [3.8, 4) is 16.9 Å². The van der Waals surface area contributed by atoms with E-state index in [1.807, 2.05) is 44.2 Å².